The Bertz CT molecular complexity index is 408. The monoisotopic (exact) mass is 276 g/mol. The fourth-order valence-corrected chi connectivity index (χ4v) is 2.33. The highest BCUT2D eigenvalue weighted by molar-refractivity contribution is 8.63. The summed E-state index contributed by atoms with van der Waals surface area (Å²) in [6.45, 7) is 0.975. The van der Waals surface area contributed by atoms with Gasteiger partial charge < -0.3 is 10.2 Å². The van der Waals surface area contributed by atoms with Crippen LogP contribution in [0.25, 0.3) is 0 Å². The first-order valence-electron chi connectivity index (χ1n) is 3.95. The Balaban J connectivity index is 4.60. The van der Waals surface area contributed by atoms with Gasteiger partial charge in [0.25, 0.3) is 0 Å². The summed E-state index contributed by atoms with van der Waals surface area (Å²) in [6.07, 6.45) is -0.459. The summed E-state index contributed by atoms with van der Waals surface area (Å²) in [5.74, 6) is 0. The van der Waals surface area contributed by atoms with Crippen molar-refractivity contribution in [2.24, 2.45) is 0 Å². The van der Waals surface area contributed by atoms with Gasteiger partial charge in [0, 0.05) is 0 Å². The Morgan fingerprint density at radius 2 is 1.69 bits per heavy atom. The molecule has 0 spiro atoms. The maximum atomic E-state index is 11.0. The quantitative estimate of drug-likeness (QED) is 0.390. The van der Waals surface area contributed by atoms with Gasteiger partial charge >= 0.3 is 18.3 Å². The summed E-state index contributed by atoms with van der Waals surface area (Å²) in [5.41, 5.74) is 0. The van der Waals surface area contributed by atoms with E-state index < -0.39 is 44.2 Å². The van der Waals surface area contributed by atoms with Gasteiger partial charge in [-0.2, -0.15) is 16.8 Å². The van der Waals surface area contributed by atoms with Crippen molar-refractivity contribution in [1.82, 2.24) is 0 Å². The third kappa shape index (κ3) is 4.55. The van der Waals surface area contributed by atoms with E-state index in [0.29, 0.717) is 0 Å². The maximum absolute atomic E-state index is 11.0. The molecule has 0 aromatic heterocycles. The molecule has 0 aromatic rings. The average Bonchev–Trinajstić information content (AvgIpc) is 2.22. The van der Waals surface area contributed by atoms with Crippen LogP contribution in [0.5, 0.6) is 0 Å². The molecule has 16 heavy (non-hydrogen) atoms. The first-order chi connectivity index (χ1) is 7.27. The molecular formula is C6H12O8S2. The molecule has 8 nitrogen and oxygen atoms in total. The molecule has 0 saturated heterocycles. The Morgan fingerprint density at radius 1 is 1.19 bits per heavy atom. The third-order valence-electron chi connectivity index (χ3n) is 1.20. The van der Waals surface area contributed by atoms with Gasteiger partial charge in [0.1, 0.15) is 6.10 Å². The summed E-state index contributed by atoms with van der Waals surface area (Å²) in [6, 6.07) is 0. The smallest absolute Gasteiger partial charge is 0.394 e. The Morgan fingerprint density at radius 3 is 2.12 bits per heavy atom. The van der Waals surface area contributed by atoms with Gasteiger partial charge in [-0.15, -0.1) is 6.58 Å². The summed E-state index contributed by atoms with van der Waals surface area (Å²) in [7, 11) is -9.95. The van der Waals surface area contributed by atoms with Gasteiger partial charge in [0.15, 0.2) is 0 Å². The van der Waals surface area contributed by atoms with E-state index in [2.05, 4.69) is 14.9 Å². The number of aliphatic hydroxyl groups is 2. The Labute approximate surface area is 92.8 Å². The molecule has 96 valence electrons. The molecule has 0 bridgehead atoms. The lowest BCUT2D eigenvalue weighted by molar-refractivity contribution is 0.0565. The van der Waals surface area contributed by atoms with Crippen molar-refractivity contribution in [1.29, 1.82) is 0 Å². The molecular weight excluding hydrogens is 264 g/mol. The predicted octanol–water partition coefficient (Wildman–Crippen LogP) is -1.87. The molecule has 10 heteroatoms. The predicted molar refractivity (Wildman–Crippen MR) is 53.0 cm³/mol. The van der Waals surface area contributed by atoms with Crippen molar-refractivity contribution in [3.8, 4) is 0 Å². The van der Waals surface area contributed by atoms with Crippen molar-refractivity contribution < 1.29 is 35.4 Å². The van der Waals surface area contributed by atoms with Crippen LogP contribution in [-0.2, 0) is 26.7 Å². The van der Waals surface area contributed by atoms with Crippen LogP contribution in [-0.4, -0.2) is 53.0 Å². The SMILES string of the molecule is C=CCOS(=O)(=O)S(=O)(=O)OCC(O)CO. The van der Waals surface area contributed by atoms with E-state index in [0.717, 1.165) is 6.08 Å². The summed E-state index contributed by atoms with van der Waals surface area (Å²) in [5, 5.41) is 17.1. The second-order valence-electron chi connectivity index (χ2n) is 2.51. The van der Waals surface area contributed by atoms with Crippen molar-refractivity contribution >= 4 is 18.3 Å². The van der Waals surface area contributed by atoms with Crippen molar-refractivity contribution in [3.63, 3.8) is 0 Å². The largest absolute Gasteiger partial charge is 0.400 e. The van der Waals surface area contributed by atoms with Crippen LogP contribution in [0.1, 0.15) is 0 Å². The standard InChI is InChI=1S/C6H12O8S2/c1-2-3-13-15(9,10)16(11,12)14-5-6(8)4-7/h2,6-8H,1,3-5H2. The van der Waals surface area contributed by atoms with Crippen molar-refractivity contribution in [2.45, 2.75) is 6.10 Å². The summed E-state index contributed by atoms with van der Waals surface area (Å²) in [4.78, 5) is 0. The lowest BCUT2D eigenvalue weighted by atomic mass is 10.4. The molecule has 0 fully saturated rings. The zero-order valence-electron chi connectivity index (χ0n) is 8.14. The van der Waals surface area contributed by atoms with E-state index in [1.165, 1.54) is 0 Å². The minimum absolute atomic E-state index is 0.520. The van der Waals surface area contributed by atoms with Crippen molar-refractivity contribution in [2.75, 3.05) is 19.8 Å². The van der Waals surface area contributed by atoms with Crippen LogP contribution in [0.4, 0.5) is 0 Å². The van der Waals surface area contributed by atoms with Gasteiger partial charge in [-0.3, -0.25) is 8.37 Å². The average molecular weight is 276 g/mol. The topological polar surface area (TPSA) is 127 Å². The molecule has 0 rings (SSSR count). The molecule has 0 aliphatic heterocycles. The summed E-state index contributed by atoms with van der Waals surface area (Å²) >= 11 is 0. The first-order valence-corrected chi connectivity index (χ1v) is 7.28. The first kappa shape index (κ1) is 15.5. The molecule has 2 N–H and O–H groups in total. The zero-order valence-corrected chi connectivity index (χ0v) is 9.78. The molecule has 0 aromatic carbocycles. The maximum Gasteiger partial charge on any atom is 0.400 e. The molecule has 0 radical (unpaired) electrons. The fraction of sp³-hybridized carbons (Fsp3) is 0.667. The van der Waals surface area contributed by atoms with Crippen LogP contribution < -0.4 is 0 Å². The second kappa shape index (κ2) is 6.27. The molecule has 0 aliphatic rings. The van der Waals surface area contributed by atoms with E-state index in [4.69, 9.17) is 10.2 Å². The lowest BCUT2D eigenvalue weighted by Gasteiger charge is -2.08. The highest BCUT2D eigenvalue weighted by Crippen LogP contribution is 2.08. The van der Waals surface area contributed by atoms with Gasteiger partial charge in [-0.25, -0.2) is 0 Å². The highest BCUT2D eigenvalue weighted by Gasteiger charge is 2.32. The third-order valence-corrected chi connectivity index (χ3v) is 4.62. The number of hydrogen-bond acceptors (Lipinski definition) is 8. The van der Waals surface area contributed by atoms with E-state index in [1.54, 1.807) is 0 Å². The van der Waals surface area contributed by atoms with Crippen LogP contribution in [0.3, 0.4) is 0 Å². The van der Waals surface area contributed by atoms with E-state index >= 15 is 0 Å². The Kier molecular flexibility index (Phi) is 6.07. The molecule has 0 heterocycles. The van der Waals surface area contributed by atoms with Crippen LogP contribution in [0.15, 0.2) is 12.7 Å². The van der Waals surface area contributed by atoms with Crippen LogP contribution >= 0.6 is 0 Å². The van der Waals surface area contributed by atoms with Gasteiger partial charge in [0.2, 0.25) is 0 Å². The van der Waals surface area contributed by atoms with Crippen LogP contribution in [0.2, 0.25) is 0 Å². The second-order valence-corrected chi connectivity index (χ2v) is 7.06. The molecule has 0 amide bonds. The molecule has 0 aliphatic carbocycles. The minimum Gasteiger partial charge on any atom is -0.394 e. The molecule has 1 atom stereocenters. The van der Waals surface area contributed by atoms with E-state index in [9.17, 15) is 16.8 Å². The Hall–Kier alpha value is -0.520. The number of rotatable bonds is 8. The van der Waals surface area contributed by atoms with E-state index in [-0.39, 0.29) is 0 Å². The number of aliphatic hydroxyl groups excluding tert-OH is 2. The van der Waals surface area contributed by atoms with Gasteiger partial charge in [-0.05, 0) is 0 Å². The van der Waals surface area contributed by atoms with E-state index in [1.807, 2.05) is 0 Å². The lowest BCUT2D eigenvalue weighted by Crippen LogP contribution is -2.27. The molecule has 1 unspecified atom stereocenters. The molecule has 0 saturated carbocycles. The van der Waals surface area contributed by atoms with Crippen LogP contribution in [0, 0.1) is 0 Å². The van der Waals surface area contributed by atoms with Crippen molar-refractivity contribution in [3.05, 3.63) is 12.7 Å². The fourth-order valence-electron chi connectivity index (χ4n) is 0.464. The minimum atomic E-state index is -5.01. The summed E-state index contributed by atoms with van der Waals surface area (Å²) < 4.78 is 52.0. The number of hydrogen-bond donors (Lipinski definition) is 2. The van der Waals surface area contributed by atoms with Gasteiger partial charge in [-0.1, -0.05) is 6.08 Å². The highest BCUT2D eigenvalue weighted by atomic mass is 33.2. The van der Waals surface area contributed by atoms with Gasteiger partial charge in [0.05, 0.1) is 19.8 Å². The normalized spacial score (nSPS) is 14.6. The zero-order chi connectivity index (χ0) is 12.8.